The molecule has 2 atom stereocenters. The molecule has 1 saturated heterocycles. The third-order valence-corrected chi connectivity index (χ3v) is 3.79. The summed E-state index contributed by atoms with van der Waals surface area (Å²) in [4.78, 5) is 16.1. The normalized spacial score (nSPS) is 23.7. The summed E-state index contributed by atoms with van der Waals surface area (Å²) in [5, 5.41) is 6.49. The predicted molar refractivity (Wildman–Crippen MR) is 75.8 cm³/mol. The highest BCUT2D eigenvalue weighted by molar-refractivity contribution is 9.10. The summed E-state index contributed by atoms with van der Waals surface area (Å²) in [6.45, 7) is 2.97. The van der Waals surface area contributed by atoms with Crippen molar-refractivity contribution in [1.82, 2.24) is 10.3 Å². The van der Waals surface area contributed by atoms with Crippen molar-refractivity contribution in [3.63, 3.8) is 0 Å². The molecule has 2 unspecified atom stereocenters. The highest BCUT2D eigenvalue weighted by atomic mass is 79.9. The second-order valence-electron chi connectivity index (χ2n) is 4.56. The van der Waals surface area contributed by atoms with Gasteiger partial charge in [-0.25, -0.2) is 4.98 Å². The molecule has 1 fully saturated rings. The SMILES string of the molecule is CC1CC(C(=O)Nc2cc(Br)cnc2Cl)CCN1. The number of pyridine rings is 1. The number of nitrogens with zero attached hydrogens (tertiary/aromatic N) is 1. The van der Waals surface area contributed by atoms with Gasteiger partial charge in [0.1, 0.15) is 0 Å². The van der Waals surface area contributed by atoms with E-state index in [1.54, 1.807) is 12.3 Å². The Morgan fingerprint density at radius 3 is 3.17 bits per heavy atom. The van der Waals surface area contributed by atoms with Crippen molar-refractivity contribution >= 4 is 39.1 Å². The summed E-state index contributed by atoms with van der Waals surface area (Å²) >= 11 is 9.26. The molecule has 0 spiro atoms. The molecule has 1 aromatic rings. The summed E-state index contributed by atoms with van der Waals surface area (Å²) in [5.41, 5.74) is 0.558. The highest BCUT2D eigenvalue weighted by Crippen LogP contribution is 2.25. The second kappa shape index (κ2) is 5.99. The maximum absolute atomic E-state index is 12.1. The molecule has 1 aromatic heterocycles. The van der Waals surface area contributed by atoms with Gasteiger partial charge in [-0.2, -0.15) is 0 Å². The number of amides is 1. The van der Waals surface area contributed by atoms with E-state index in [0.29, 0.717) is 16.9 Å². The molecule has 0 bridgehead atoms. The molecule has 98 valence electrons. The average molecular weight is 333 g/mol. The summed E-state index contributed by atoms with van der Waals surface area (Å²) in [6.07, 6.45) is 3.31. The van der Waals surface area contributed by atoms with Crippen LogP contribution >= 0.6 is 27.5 Å². The Labute approximate surface area is 120 Å². The van der Waals surface area contributed by atoms with Gasteiger partial charge in [0.05, 0.1) is 5.69 Å². The quantitative estimate of drug-likeness (QED) is 0.819. The van der Waals surface area contributed by atoms with Crippen LogP contribution in [-0.4, -0.2) is 23.5 Å². The first kappa shape index (κ1) is 13.8. The Morgan fingerprint density at radius 2 is 2.44 bits per heavy atom. The van der Waals surface area contributed by atoms with E-state index < -0.39 is 0 Å². The van der Waals surface area contributed by atoms with E-state index in [0.717, 1.165) is 23.9 Å². The van der Waals surface area contributed by atoms with Gasteiger partial charge >= 0.3 is 0 Å². The Hall–Kier alpha value is -0.650. The fourth-order valence-corrected chi connectivity index (χ4v) is 2.60. The first-order valence-electron chi connectivity index (χ1n) is 5.91. The van der Waals surface area contributed by atoms with Gasteiger partial charge in [-0.1, -0.05) is 11.6 Å². The van der Waals surface area contributed by atoms with Crippen LogP contribution in [0.15, 0.2) is 16.7 Å². The van der Waals surface area contributed by atoms with Crippen LogP contribution in [0.4, 0.5) is 5.69 Å². The lowest BCUT2D eigenvalue weighted by atomic mass is 9.92. The number of rotatable bonds is 2. The van der Waals surface area contributed by atoms with E-state index in [1.807, 2.05) is 0 Å². The van der Waals surface area contributed by atoms with Gasteiger partial charge in [-0.3, -0.25) is 4.79 Å². The zero-order chi connectivity index (χ0) is 13.1. The molecule has 6 heteroatoms. The fraction of sp³-hybridized carbons (Fsp3) is 0.500. The average Bonchev–Trinajstić information content (AvgIpc) is 2.34. The molecule has 2 heterocycles. The van der Waals surface area contributed by atoms with E-state index in [4.69, 9.17) is 11.6 Å². The van der Waals surface area contributed by atoms with Crippen molar-refractivity contribution < 1.29 is 4.79 Å². The lowest BCUT2D eigenvalue weighted by Gasteiger charge is -2.27. The molecule has 0 radical (unpaired) electrons. The van der Waals surface area contributed by atoms with Crippen molar-refractivity contribution in [2.75, 3.05) is 11.9 Å². The van der Waals surface area contributed by atoms with Gasteiger partial charge in [-0.15, -0.1) is 0 Å². The number of piperidine rings is 1. The van der Waals surface area contributed by atoms with Crippen molar-refractivity contribution in [2.24, 2.45) is 5.92 Å². The molecule has 1 aliphatic heterocycles. The summed E-state index contributed by atoms with van der Waals surface area (Å²) in [7, 11) is 0. The molecule has 18 heavy (non-hydrogen) atoms. The largest absolute Gasteiger partial charge is 0.323 e. The maximum atomic E-state index is 12.1. The standard InChI is InChI=1S/C12H15BrClN3O/c1-7-4-8(2-3-15-7)12(18)17-10-5-9(13)6-16-11(10)14/h5-8,15H,2-4H2,1H3,(H,17,18). The van der Waals surface area contributed by atoms with Crippen molar-refractivity contribution in [2.45, 2.75) is 25.8 Å². The molecule has 4 nitrogen and oxygen atoms in total. The van der Waals surface area contributed by atoms with E-state index in [-0.39, 0.29) is 11.8 Å². The minimum absolute atomic E-state index is 0.0187. The topological polar surface area (TPSA) is 54.0 Å². The van der Waals surface area contributed by atoms with Crippen LogP contribution in [0.1, 0.15) is 19.8 Å². The fourth-order valence-electron chi connectivity index (χ4n) is 2.12. The van der Waals surface area contributed by atoms with Crippen LogP contribution in [0.2, 0.25) is 5.15 Å². The van der Waals surface area contributed by atoms with Crippen LogP contribution in [0.5, 0.6) is 0 Å². The summed E-state index contributed by atoms with van der Waals surface area (Å²) < 4.78 is 0.792. The van der Waals surface area contributed by atoms with E-state index >= 15 is 0 Å². The van der Waals surface area contributed by atoms with Crippen molar-refractivity contribution in [3.05, 3.63) is 21.9 Å². The Kier molecular flexibility index (Phi) is 4.59. The van der Waals surface area contributed by atoms with Crippen LogP contribution < -0.4 is 10.6 Å². The van der Waals surface area contributed by atoms with Crippen LogP contribution in [-0.2, 0) is 4.79 Å². The Bertz CT molecular complexity index is 455. The summed E-state index contributed by atoms with van der Waals surface area (Å²) in [6, 6.07) is 2.14. The Morgan fingerprint density at radius 1 is 1.67 bits per heavy atom. The minimum atomic E-state index is 0.0187. The van der Waals surface area contributed by atoms with E-state index in [2.05, 4.69) is 38.5 Å². The maximum Gasteiger partial charge on any atom is 0.227 e. The number of halogens is 2. The first-order valence-corrected chi connectivity index (χ1v) is 7.08. The van der Waals surface area contributed by atoms with Gasteiger partial charge in [0.25, 0.3) is 0 Å². The second-order valence-corrected chi connectivity index (χ2v) is 5.83. The zero-order valence-electron chi connectivity index (χ0n) is 10.0. The van der Waals surface area contributed by atoms with Crippen LogP contribution in [0.3, 0.4) is 0 Å². The Balaban J connectivity index is 2.04. The molecule has 1 amide bonds. The minimum Gasteiger partial charge on any atom is -0.323 e. The van der Waals surface area contributed by atoms with Crippen LogP contribution in [0.25, 0.3) is 0 Å². The number of carbonyl (C=O) groups excluding carboxylic acids is 1. The lowest BCUT2D eigenvalue weighted by molar-refractivity contribution is -0.120. The molecule has 2 rings (SSSR count). The molecular weight excluding hydrogens is 318 g/mol. The van der Waals surface area contributed by atoms with Gasteiger partial charge in [0, 0.05) is 22.6 Å². The molecular formula is C12H15BrClN3O. The molecule has 1 aliphatic rings. The lowest BCUT2D eigenvalue weighted by Crippen LogP contribution is -2.40. The third kappa shape index (κ3) is 3.43. The summed E-state index contributed by atoms with van der Waals surface area (Å²) in [5.74, 6) is 0.0569. The molecule has 0 aliphatic carbocycles. The predicted octanol–water partition coefficient (Wildman–Crippen LogP) is 2.82. The highest BCUT2D eigenvalue weighted by Gasteiger charge is 2.25. The third-order valence-electron chi connectivity index (χ3n) is 3.06. The molecule has 0 saturated carbocycles. The van der Waals surface area contributed by atoms with Crippen LogP contribution in [0, 0.1) is 5.92 Å². The van der Waals surface area contributed by atoms with Gasteiger partial charge in [0.2, 0.25) is 5.91 Å². The number of aromatic nitrogens is 1. The van der Waals surface area contributed by atoms with Crippen molar-refractivity contribution in [1.29, 1.82) is 0 Å². The van der Waals surface area contributed by atoms with Crippen molar-refractivity contribution in [3.8, 4) is 0 Å². The number of anilines is 1. The van der Waals surface area contributed by atoms with Gasteiger partial charge < -0.3 is 10.6 Å². The van der Waals surface area contributed by atoms with Gasteiger partial charge in [0.15, 0.2) is 5.15 Å². The number of carbonyl (C=O) groups is 1. The number of nitrogens with one attached hydrogen (secondary N) is 2. The smallest absolute Gasteiger partial charge is 0.227 e. The van der Waals surface area contributed by atoms with E-state index in [1.165, 1.54) is 0 Å². The number of hydrogen-bond donors (Lipinski definition) is 2. The molecule has 0 aromatic carbocycles. The van der Waals surface area contributed by atoms with Gasteiger partial charge in [-0.05, 0) is 48.3 Å². The molecule has 2 N–H and O–H groups in total. The zero-order valence-corrected chi connectivity index (χ0v) is 12.4. The monoisotopic (exact) mass is 331 g/mol. The number of hydrogen-bond acceptors (Lipinski definition) is 3. The first-order chi connectivity index (χ1) is 8.56. The van der Waals surface area contributed by atoms with E-state index in [9.17, 15) is 4.79 Å².